The van der Waals surface area contributed by atoms with Crippen LogP contribution in [0.15, 0.2) is 59.6 Å². The molecule has 0 radical (unpaired) electrons. The van der Waals surface area contributed by atoms with Gasteiger partial charge in [0.25, 0.3) is 0 Å². The molecule has 1 atom stereocenters. The van der Waals surface area contributed by atoms with Gasteiger partial charge in [0.1, 0.15) is 0 Å². The molecule has 0 saturated carbocycles. The number of hydrogen-bond acceptors (Lipinski definition) is 4. The fraction of sp³-hybridized carbons (Fsp3) is 0.417. The van der Waals surface area contributed by atoms with Crippen LogP contribution in [0.2, 0.25) is 0 Å². The van der Waals surface area contributed by atoms with E-state index in [9.17, 15) is 4.79 Å². The summed E-state index contributed by atoms with van der Waals surface area (Å²) in [4.78, 5) is 21.4. The number of guanidine groups is 1. The first kappa shape index (κ1) is 24.3. The van der Waals surface area contributed by atoms with E-state index >= 15 is 0 Å². The molecule has 0 aliphatic carbocycles. The molecule has 8 heteroatoms. The third kappa shape index (κ3) is 6.35. The highest BCUT2D eigenvalue weighted by atomic mass is 127. The molecule has 2 saturated heterocycles. The van der Waals surface area contributed by atoms with E-state index in [0.29, 0.717) is 19.5 Å². The van der Waals surface area contributed by atoms with Gasteiger partial charge in [-0.2, -0.15) is 0 Å². The van der Waals surface area contributed by atoms with Gasteiger partial charge in [-0.1, -0.05) is 30.3 Å². The minimum absolute atomic E-state index is 0. The van der Waals surface area contributed by atoms with Crippen molar-refractivity contribution in [2.75, 3.05) is 49.2 Å². The van der Waals surface area contributed by atoms with Crippen molar-refractivity contribution in [2.45, 2.75) is 25.9 Å². The summed E-state index contributed by atoms with van der Waals surface area (Å²) in [5.74, 6) is 0.880. The Morgan fingerprint density at radius 3 is 2.47 bits per heavy atom. The first-order valence-electron chi connectivity index (χ1n) is 11.0. The molecule has 2 aromatic rings. The van der Waals surface area contributed by atoms with Crippen molar-refractivity contribution in [1.82, 2.24) is 10.6 Å². The summed E-state index contributed by atoms with van der Waals surface area (Å²) in [5, 5.41) is 6.73. The number of carbonyl (C=O) groups excluding carboxylic acids is 1. The third-order valence-electron chi connectivity index (χ3n) is 5.61. The molecular weight excluding hydrogens is 517 g/mol. The van der Waals surface area contributed by atoms with E-state index in [-0.39, 0.29) is 35.9 Å². The topological polar surface area (TPSA) is 69.2 Å². The Balaban J connectivity index is 0.00000289. The van der Waals surface area contributed by atoms with Crippen molar-refractivity contribution in [2.24, 2.45) is 4.99 Å². The predicted molar refractivity (Wildman–Crippen MR) is 140 cm³/mol. The minimum Gasteiger partial charge on any atom is -0.378 e. The van der Waals surface area contributed by atoms with E-state index in [2.05, 4.69) is 39.8 Å². The smallest absolute Gasteiger partial charge is 0.229 e. The quantitative estimate of drug-likeness (QED) is 0.330. The number of benzene rings is 2. The van der Waals surface area contributed by atoms with Gasteiger partial charge < -0.3 is 25.2 Å². The third-order valence-corrected chi connectivity index (χ3v) is 5.61. The molecule has 0 spiro atoms. The summed E-state index contributed by atoms with van der Waals surface area (Å²) in [7, 11) is 0. The van der Waals surface area contributed by atoms with Gasteiger partial charge >= 0.3 is 0 Å². The van der Waals surface area contributed by atoms with Crippen LogP contribution in [-0.4, -0.2) is 57.3 Å². The lowest BCUT2D eigenvalue weighted by molar-refractivity contribution is -0.117. The lowest BCUT2D eigenvalue weighted by Gasteiger charge is -2.28. The number of halogens is 1. The van der Waals surface area contributed by atoms with Crippen molar-refractivity contribution in [1.29, 1.82) is 0 Å². The van der Waals surface area contributed by atoms with Crippen LogP contribution in [0.5, 0.6) is 0 Å². The zero-order valence-corrected chi connectivity index (χ0v) is 20.8. The minimum atomic E-state index is 0. The Kier molecular flexibility index (Phi) is 9.16. The standard InChI is InChI=1S/C24H31N5O2.HI/c1-2-25-24(27-20-16-23(30)29(18-20)22-6-4-3-5-7-22)26-17-19-8-10-21(11-9-19)28-12-14-31-15-13-28;/h3-11,20H,2,12-18H2,1H3,(H2,25,26,27);1H. The average Bonchev–Trinajstić information content (AvgIpc) is 3.19. The fourth-order valence-corrected chi connectivity index (χ4v) is 3.98. The molecule has 2 aliphatic rings. The summed E-state index contributed by atoms with van der Waals surface area (Å²) >= 11 is 0. The Labute approximate surface area is 207 Å². The van der Waals surface area contributed by atoms with Gasteiger partial charge in [-0.05, 0) is 36.8 Å². The van der Waals surface area contributed by atoms with Crippen LogP contribution >= 0.6 is 24.0 Å². The van der Waals surface area contributed by atoms with Gasteiger partial charge in [0, 0.05) is 44.0 Å². The number of aliphatic imine (C=N–C) groups is 1. The molecule has 2 N–H and O–H groups in total. The van der Waals surface area contributed by atoms with Crippen molar-refractivity contribution >= 4 is 47.2 Å². The number of amides is 1. The number of carbonyl (C=O) groups is 1. The molecule has 2 heterocycles. The van der Waals surface area contributed by atoms with E-state index in [1.54, 1.807) is 0 Å². The van der Waals surface area contributed by atoms with E-state index in [4.69, 9.17) is 9.73 Å². The molecule has 32 heavy (non-hydrogen) atoms. The molecule has 2 fully saturated rings. The van der Waals surface area contributed by atoms with Crippen molar-refractivity contribution in [3.8, 4) is 0 Å². The molecule has 2 aliphatic heterocycles. The maximum atomic E-state index is 12.5. The Morgan fingerprint density at radius 1 is 1.06 bits per heavy atom. The normalized spacial score (nSPS) is 19.0. The molecule has 0 aromatic heterocycles. The first-order valence-corrected chi connectivity index (χ1v) is 11.0. The fourth-order valence-electron chi connectivity index (χ4n) is 3.98. The number of nitrogens with one attached hydrogen (secondary N) is 2. The highest BCUT2D eigenvalue weighted by Gasteiger charge is 2.31. The van der Waals surface area contributed by atoms with E-state index in [1.807, 2.05) is 42.2 Å². The van der Waals surface area contributed by atoms with Gasteiger partial charge in [-0.15, -0.1) is 24.0 Å². The summed E-state index contributed by atoms with van der Waals surface area (Å²) in [6.07, 6.45) is 0.466. The Bertz CT molecular complexity index is 885. The number of ether oxygens (including phenoxy) is 1. The maximum Gasteiger partial charge on any atom is 0.229 e. The van der Waals surface area contributed by atoms with Crippen molar-refractivity contribution < 1.29 is 9.53 Å². The molecule has 1 unspecified atom stereocenters. The zero-order valence-electron chi connectivity index (χ0n) is 18.5. The van der Waals surface area contributed by atoms with Gasteiger partial charge in [0.05, 0.1) is 25.8 Å². The second kappa shape index (κ2) is 12.1. The number of anilines is 2. The summed E-state index contributed by atoms with van der Waals surface area (Å²) in [5.41, 5.74) is 3.33. The monoisotopic (exact) mass is 549 g/mol. The second-order valence-corrected chi connectivity index (χ2v) is 7.85. The number of hydrogen-bond donors (Lipinski definition) is 2. The number of rotatable bonds is 6. The highest BCUT2D eigenvalue weighted by Crippen LogP contribution is 2.21. The highest BCUT2D eigenvalue weighted by molar-refractivity contribution is 14.0. The van der Waals surface area contributed by atoms with E-state index in [0.717, 1.165) is 50.1 Å². The van der Waals surface area contributed by atoms with Crippen LogP contribution < -0.4 is 20.4 Å². The zero-order chi connectivity index (χ0) is 21.5. The second-order valence-electron chi connectivity index (χ2n) is 7.85. The van der Waals surface area contributed by atoms with Crippen LogP contribution in [0.25, 0.3) is 0 Å². The summed E-state index contributed by atoms with van der Waals surface area (Å²) < 4.78 is 5.43. The number of nitrogens with zero attached hydrogens (tertiary/aromatic N) is 3. The largest absolute Gasteiger partial charge is 0.378 e. The summed E-state index contributed by atoms with van der Waals surface area (Å²) in [6, 6.07) is 18.4. The van der Waals surface area contributed by atoms with Crippen LogP contribution in [0.1, 0.15) is 18.9 Å². The average molecular weight is 549 g/mol. The van der Waals surface area contributed by atoms with Crippen molar-refractivity contribution in [3.63, 3.8) is 0 Å². The van der Waals surface area contributed by atoms with E-state index < -0.39 is 0 Å². The molecule has 1 amide bonds. The lowest BCUT2D eigenvalue weighted by atomic mass is 10.2. The van der Waals surface area contributed by atoms with Crippen LogP contribution in [0.3, 0.4) is 0 Å². The molecule has 4 rings (SSSR count). The van der Waals surface area contributed by atoms with Gasteiger partial charge in [0.2, 0.25) is 5.91 Å². The van der Waals surface area contributed by atoms with Gasteiger partial charge in [-0.25, -0.2) is 4.99 Å². The Morgan fingerprint density at radius 2 is 1.78 bits per heavy atom. The molecule has 7 nitrogen and oxygen atoms in total. The van der Waals surface area contributed by atoms with Gasteiger partial charge in [-0.3, -0.25) is 4.79 Å². The van der Waals surface area contributed by atoms with E-state index in [1.165, 1.54) is 5.69 Å². The Hall–Kier alpha value is -2.33. The molecule has 172 valence electrons. The number of morpholine rings is 1. The predicted octanol–water partition coefficient (Wildman–Crippen LogP) is 3.00. The molecular formula is C24H32IN5O2. The summed E-state index contributed by atoms with van der Waals surface area (Å²) in [6.45, 7) is 7.49. The first-order chi connectivity index (χ1) is 15.2. The lowest BCUT2D eigenvalue weighted by Crippen LogP contribution is -2.44. The number of para-hydroxylation sites is 1. The molecule has 0 bridgehead atoms. The SMILES string of the molecule is CCNC(=NCc1ccc(N2CCOCC2)cc1)NC1CC(=O)N(c2ccccc2)C1.I. The van der Waals surface area contributed by atoms with Crippen LogP contribution in [0, 0.1) is 0 Å². The molecule has 2 aromatic carbocycles. The van der Waals surface area contributed by atoms with Crippen LogP contribution in [0.4, 0.5) is 11.4 Å². The van der Waals surface area contributed by atoms with Crippen LogP contribution in [-0.2, 0) is 16.1 Å². The maximum absolute atomic E-state index is 12.5. The van der Waals surface area contributed by atoms with Crippen molar-refractivity contribution in [3.05, 3.63) is 60.2 Å². The van der Waals surface area contributed by atoms with Gasteiger partial charge in [0.15, 0.2) is 5.96 Å².